The van der Waals surface area contributed by atoms with E-state index in [0.29, 0.717) is 32.6 Å². The summed E-state index contributed by atoms with van der Waals surface area (Å²) in [5.74, 6) is -0.792. The normalized spacial score (nSPS) is 19.6. The lowest BCUT2D eigenvalue weighted by molar-refractivity contribution is -0.144. The molecule has 3 rings (SSSR count). The van der Waals surface area contributed by atoms with E-state index in [-0.39, 0.29) is 6.03 Å². The second-order valence-corrected chi connectivity index (χ2v) is 7.00. The third kappa shape index (κ3) is 4.90. The number of carbonyl (C=O) groups excluding carboxylic acids is 1. The molecule has 27 heavy (non-hydrogen) atoms. The number of rotatable bonds is 5. The SMILES string of the molecule is CCC(C(=O)O)N1CCN(C(=O)Nc2ccc(N3CCNCC3)cc2)CC1. The van der Waals surface area contributed by atoms with E-state index < -0.39 is 12.0 Å². The average molecular weight is 375 g/mol. The highest BCUT2D eigenvalue weighted by atomic mass is 16.4. The van der Waals surface area contributed by atoms with Gasteiger partial charge in [-0.05, 0) is 30.7 Å². The van der Waals surface area contributed by atoms with Gasteiger partial charge in [-0.3, -0.25) is 9.69 Å². The van der Waals surface area contributed by atoms with Crippen LogP contribution in [-0.4, -0.2) is 85.3 Å². The van der Waals surface area contributed by atoms with Gasteiger partial charge in [-0.1, -0.05) is 6.92 Å². The monoisotopic (exact) mass is 375 g/mol. The number of benzene rings is 1. The number of urea groups is 1. The van der Waals surface area contributed by atoms with Crippen molar-refractivity contribution in [2.24, 2.45) is 0 Å². The smallest absolute Gasteiger partial charge is 0.321 e. The predicted molar refractivity (Wildman–Crippen MR) is 105 cm³/mol. The molecule has 1 aromatic carbocycles. The molecule has 0 saturated carbocycles. The summed E-state index contributed by atoms with van der Waals surface area (Å²) in [5, 5.41) is 15.6. The van der Waals surface area contributed by atoms with Crippen molar-refractivity contribution in [3.05, 3.63) is 24.3 Å². The van der Waals surface area contributed by atoms with Gasteiger partial charge in [0.15, 0.2) is 0 Å². The molecule has 2 aliphatic rings. The molecule has 0 spiro atoms. The van der Waals surface area contributed by atoms with E-state index in [4.69, 9.17) is 0 Å². The van der Waals surface area contributed by atoms with Gasteiger partial charge in [-0.25, -0.2) is 4.79 Å². The van der Waals surface area contributed by atoms with Crippen LogP contribution < -0.4 is 15.5 Å². The third-order valence-electron chi connectivity index (χ3n) is 5.31. The van der Waals surface area contributed by atoms with Crippen LogP contribution in [0.15, 0.2) is 24.3 Å². The summed E-state index contributed by atoms with van der Waals surface area (Å²) >= 11 is 0. The third-order valence-corrected chi connectivity index (χ3v) is 5.31. The second kappa shape index (κ2) is 9.05. The molecule has 8 heteroatoms. The van der Waals surface area contributed by atoms with Gasteiger partial charge in [0.25, 0.3) is 0 Å². The molecule has 1 atom stereocenters. The van der Waals surface area contributed by atoms with Gasteiger partial charge in [-0.15, -0.1) is 0 Å². The molecule has 1 unspecified atom stereocenters. The molecule has 1 aromatic rings. The van der Waals surface area contributed by atoms with E-state index >= 15 is 0 Å². The number of carbonyl (C=O) groups is 2. The molecule has 0 aliphatic carbocycles. The van der Waals surface area contributed by atoms with Gasteiger partial charge in [0.1, 0.15) is 6.04 Å². The van der Waals surface area contributed by atoms with E-state index in [1.54, 1.807) is 4.90 Å². The van der Waals surface area contributed by atoms with Crippen molar-refractivity contribution in [1.29, 1.82) is 0 Å². The van der Waals surface area contributed by atoms with Crippen molar-refractivity contribution >= 4 is 23.4 Å². The molecule has 2 aliphatic heterocycles. The number of hydrogen-bond donors (Lipinski definition) is 3. The molecule has 2 amide bonds. The second-order valence-electron chi connectivity index (χ2n) is 7.00. The Hall–Kier alpha value is -2.32. The van der Waals surface area contributed by atoms with Gasteiger partial charge in [0.05, 0.1) is 0 Å². The predicted octanol–water partition coefficient (Wildman–Crippen LogP) is 1.11. The van der Waals surface area contributed by atoms with Crippen molar-refractivity contribution in [1.82, 2.24) is 15.1 Å². The van der Waals surface area contributed by atoms with Crippen LogP contribution in [0.3, 0.4) is 0 Å². The molecule has 0 radical (unpaired) electrons. The highest BCUT2D eigenvalue weighted by Gasteiger charge is 2.29. The fourth-order valence-corrected chi connectivity index (χ4v) is 3.71. The van der Waals surface area contributed by atoms with Crippen molar-refractivity contribution in [2.75, 3.05) is 62.6 Å². The molecule has 2 saturated heterocycles. The Bertz CT molecular complexity index is 637. The maximum absolute atomic E-state index is 12.5. The quantitative estimate of drug-likeness (QED) is 0.715. The van der Waals surface area contributed by atoms with E-state index in [2.05, 4.69) is 15.5 Å². The lowest BCUT2D eigenvalue weighted by Gasteiger charge is -2.37. The van der Waals surface area contributed by atoms with Gasteiger partial charge < -0.3 is 25.5 Å². The molecule has 0 aromatic heterocycles. The van der Waals surface area contributed by atoms with Crippen molar-refractivity contribution in [3.63, 3.8) is 0 Å². The van der Waals surface area contributed by atoms with Crippen LogP contribution in [0.5, 0.6) is 0 Å². The first kappa shape index (κ1) is 19.4. The summed E-state index contributed by atoms with van der Waals surface area (Å²) in [6, 6.07) is 7.35. The Labute approximate surface area is 160 Å². The maximum atomic E-state index is 12.5. The standard InChI is InChI=1S/C19H29N5O3/c1-2-17(18(25)26)23-11-13-24(14-12-23)19(27)21-15-3-5-16(6-4-15)22-9-7-20-8-10-22/h3-6,17,20H,2,7-14H2,1H3,(H,21,27)(H,25,26). The Morgan fingerprint density at radius 3 is 2.26 bits per heavy atom. The van der Waals surface area contributed by atoms with Gasteiger partial charge >= 0.3 is 12.0 Å². The van der Waals surface area contributed by atoms with Crippen LogP contribution in [0.4, 0.5) is 16.2 Å². The molecular formula is C19H29N5O3. The Morgan fingerprint density at radius 2 is 1.70 bits per heavy atom. The van der Waals surface area contributed by atoms with Crippen molar-refractivity contribution in [2.45, 2.75) is 19.4 Å². The van der Waals surface area contributed by atoms with E-state index in [9.17, 15) is 14.7 Å². The lowest BCUT2D eigenvalue weighted by Crippen LogP contribution is -2.54. The zero-order valence-corrected chi connectivity index (χ0v) is 15.9. The Balaban J connectivity index is 1.50. The minimum absolute atomic E-state index is 0.132. The Kier molecular flexibility index (Phi) is 6.52. The molecule has 2 heterocycles. The van der Waals surface area contributed by atoms with Crippen molar-refractivity contribution < 1.29 is 14.7 Å². The van der Waals surface area contributed by atoms with E-state index in [0.717, 1.165) is 31.9 Å². The number of carboxylic acid groups (broad SMARTS) is 1. The summed E-state index contributed by atoms with van der Waals surface area (Å²) in [4.78, 5) is 29.8. The molecule has 2 fully saturated rings. The number of amides is 2. The summed E-state index contributed by atoms with van der Waals surface area (Å²) in [6.07, 6.45) is 0.570. The molecule has 0 bridgehead atoms. The molecule has 148 valence electrons. The topological polar surface area (TPSA) is 88.1 Å². The van der Waals surface area contributed by atoms with Crippen LogP contribution in [0.2, 0.25) is 0 Å². The summed E-state index contributed by atoms with van der Waals surface area (Å²) in [6.45, 7) is 8.08. The fraction of sp³-hybridized carbons (Fsp3) is 0.579. The maximum Gasteiger partial charge on any atom is 0.321 e. The van der Waals surface area contributed by atoms with Crippen LogP contribution in [0, 0.1) is 0 Å². The Morgan fingerprint density at radius 1 is 1.07 bits per heavy atom. The van der Waals surface area contributed by atoms with Gasteiger partial charge in [0, 0.05) is 63.7 Å². The molecule has 3 N–H and O–H groups in total. The van der Waals surface area contributed by atoms with Gasteiger partial charge in [-0.2, -0.15) is 0 Å². The number of anilines is 2. The largest absolute Gasteiger partial charge is 0.480 e. The van der Waals surface area contributed by atoms with Crippen LogP contribution in [0.1, 0.15) is 13.3 Å². The number of carboxylic acids is 1. The van der Waals surface area contributed by atoms with Crippen LogP contribution in [0.25, 0.3) is 0 Å². The molecular weight excluding hydrogens is 346 g/mol. The molecule has 8 nitrogen and oxygen atoms in total. The number of nitrogens with one attached hydrogen (secondary N) is 2. The zero-order valence-electron chi connectivity index (χ0n) is 15.9. The summed E-state index contributed by atoms with van der Waals surface area (Å²) < 4.78 is 0. The first-order valence-electron chi connectivity index (χ1n) is 9.67. The minimum atomic E-state index is -0.792. The highest BCUT2D eigenvalue weighted by Crippen LogP contribution is 2.19. The number of nitrogens with zero attached hydrogens (tertiary/aromatic N) is 3. The number of piperazine rings is 2. The minimum Gasteiger partial charge on any atom is -0.480 e. The number of hydrogen-bond acceptors (Lipinski definition) is 5. The van der Waals surface area contributed by atoms with Crippen LogP contribution >= 0.6 is 0 Å². The number of aliphatic carboxylic acids is 1. The van der Waals surface area contributed by atoms with E-state index in [1.165, 1.54) is 5.69 Å². The van der Waals surface area contributed by atoms with E-state index in [1.807, 2.05) is 36.1 Å². The fourth-order valence-electron chi connectivity index (χ4n) is 3.71. The lowest BCUT2D eigenvalue weighted by atomic mass is 10.1. The van der Waals surface area contributed by atoms with Gasteiger partial charge in [0.2, 0.25) is 0 Å². The van der Waals surface area contributed by atoms with Crippen LogP contribution in [-0.2, 0) is 4.79 Å². The zero-order chi connectivity index (χ0) is 19.2. The highest BCUT2D eigenvalue weighted by molar-refractivity contribution is 5.89. The first-order valence-corrected chi connectivity index (χ1v) is 9.67. The summed E-state index contributed by atoms with van der Waals surface area (Å²) in [7, 11) is 0. The summed E-state index contributed by atoms with van der Waals surface area (Å²) in [5.41, 5.74) is 1.95. The van der Waals surface area contributed by atoms with Crippen molar-refractivity contribution in [3.8, 4) is 0 Å². The first-order chi connectivity index (χ1) is 13.1. The average Bonchev–Trinajstić information content (AvgIpc) is 2.70.